The van der Waals surface area contributed by atoms with Crippen LogP contribution in [0.4, 0.5) is 5.95 Å². The third-order valence-electron chi connectivity index (χ3n) is 2.60. The summed E-state index contributed by atoms with van der Waals surface area (Å²) in [7, 11) is 0. The summed E-state index contributed by atoms with van der Waals surface area (Å²) in [6.45, 7) is 0. The zero-order valence-electron chi connectivity index (χ0n) is 10.7. The number of rotatable bonds is 2. The molecule has 2 heterocycles. The molecule has 0 aliphatic carbocycles. The van der Waals surface area contributed by atoms with Crippen LogP contribution in [-0.4, -0.2) is 26.0 Å². The minimum atomic E-state index is -0.801. The molecule has 0 saturated carbocycles. The first-order valence-corrected chi connectivity index (χ1v) is 5.96. The quantitative estimate of drug-likeness (QED) is 0.659. The van der Waals surface area contributed by atoms with Crippen LogP contribution in [0.2, 0.25) is 0 Å². The molecule has 0 saturated heterocycles. The molecule has 3 rings (SSSR count). The molecule has 1 aromatic carbocycles. The second-order valence-electron chi connectivity index (χ2n) is 4.04. The number of benzene rings is 1. The van der Waals surface area contributed by atoms with Crippen molar-refractivity contribution in [1.82, 2.24) is 15.0 Å². The molecule has 6 heteroatoms. The summed E-state index contributed by atoms with van der Waals surface area (Å²) in [6.07, 6.45) is 5.02. The van der Waals surface area contributed by atoms with Gasteiger partial charge in [0.15, 0.2) is 0 Å². The van der Waals surface area contributed by atoms with Gasteiger partial charge in [0.05, 0.1) is 6.42 Å². The fourth-order valence-electron chi connectivity index (χ4n) is 1.75. The molecular formula is C14H14N4O2. The van der Waals surface area contributed by atoms with Gasteiger partial charge in [0.2, 0.25) is 5.95 Å². The van der Waals surface area contributed by atoms with Crippen molar-refractivity contribution in [2.45, 2.75) is 6.42 Å². The number of hydrogen-bond donors (Lipinski definition) is 3. The van der Waals surface area contributed by atoms with Crippen LogP contribution >= 0.6 is 0 Å². The fraction of sp³-hybridized carbons (Fsp3) is 0.0714. The number of carboxylic acids is 1. The number of aromatic amines is 1. The number of nitrogens with two attached hydrogens (primary N) is 1. The van der Waals surface area contributed by atoms with E-state index in [1.807, 2.05) is 24.3 Å². The number of hydrogen-bond acceptors (Lipinski definition) is 4. The molecule has 4 N–H and O–H groups in total. The van der Waals surface area contributed by atoms with Gasteiger partial charge in [0.1, 0.15) is 0 Å². The Hall–Kier alpha value is -2.89. The average Bonchev–Trinajstić information content (AvgIpc) is 2.83. The number of carboxylic acid groups (broad SMARTS) is 1. The molecule has 0 radical (unpaired) electrons. The van der Waals surface area contributed by atoms with Crippen LogP contribution in [0.15, 0.2) is 48.9 Å². The lowest BCUT2D eigenvalue weighted by Crippen LogP contribution is -1.98. The second-order valence-corrected chi connectivity index (χ2v) is 4.04. The number of H-pyrrole nitrogens is 1. The maximum atomic E-state index is 10.5. The van der Waals surface area contributed by atoms with Gasteiger partial charge in [-0.2, -0.15) is 0 Å². The van der Waals surface area contributed by atoms with Gasteiger partial charge in [-0.1, -0.05) is 18.2 Å². The summed E-state index contributed by atoms with van der Waals surface area (Å²) in [5.74, 6) is -0.479. The summed E-state index contributed by atoms with van der Waals surface area (Å²) in [5.41, 5.74) is 6.96. The van der Waals surface area contributed by atoms with E-state index < -0.39 is 5.97 Å². The maximum Gasteiger partial charge on any atom is 0.307 e. The molecule has 0 spiro atoms. The van der Waals surface area contributed by atoms with Gasteiger partial charge in [0, 0.05) is 29.5 Å². The van der Waals surface area contributed by atoms with Crippen molar-refractivity contribution in [3.05, 3.63) is 54.5 Å². The lowest BCUT2D eigenvalue weighted by atomic mass is 10.1. The van der Waals surface area contributed by atoms with E-state index in [4.69, 9.17) is 10.8 Å². The van der Waals surface area contributed by atoms with Crippen LogP contribution in [0, 0.1) is 0 Å². The number of carbonyl (C=O) groups is 1. The Kier molecular flexibility index (Phi) is 4.28. The Morgan fingerprint density at radius 3 is 2.50 bits per heavy atom. The summed E-state index contributed by atoms with van der Waals surface area (Å²) in [6, 6.07) is 9.39. The smallest absolute Gasteiger partial charge is 0.307 e. The van der Waals surface area contributed by atoms with Gasteiger partial charge in [-0.25, -0.2) is 9.97 Å². The molecule has 102 valence electrons. The van der Waals surface area contributed by atoms with Gasteiger partial charge < -0.3 is 15.8 Å². The molecule has 0 aliphatic heterocycles. The first-order chi connectivity index (χ1) is 9.66. The molecule has 6 nitrogen and oxygen atoms in total. The number of para-hydroxylation sites is 1. The summed E-state index contributed by atoms with van der Waals surface area (Å²) in [4.78, 5) is 20.8. The maximum absolute atomic E-state index is 10.5. The third kappa shape index (κ3) is 3.55. The molecule has 0 amide bonds. The van der Waals surface area contributed by atoms with Crippen LogP contribution < -0.4 is 5.73 Å². The number of nitrogens with zero attached hydrogens (tertiary/aromatic N) is 2. The fourth-order valence-corrected chi connectivity index (χ4v) is 1.75. The van der Waals surface area contributed by atoms with Crippen molar-refractivity contribution in [2.75, 3.05) is 5.73 Å². The van der Waals surface area contributed by atoms with E-state index in [0.29, 0.717) is 5.95 Å². The number of nitrogen functional groups attached to an aromatic ring is 1. The summed E-state index contributed by atoms with van der Waals surface area (Å²) >= 11 is 0. The topological polar surface area (TPSA) is 105 Å². The minimum absolute atomic E-state index is 0.0734. The molecule has 0 atom stereocenters. The third-order valence-corrected chi connectivity index (χ3v) is 2.60. The van der Waals surface area contributed by atoms with Crippen LogP contribution in [0.3, 0.4) is 0 Å². The van der Waals surface area contributed by atoms with Crippen LogP contribution in [0.5, 0.6) is 0 Å². The van der Waals surface area contributed by atoms with Crippen LogP contribution in [-0.2, 0) is 11.2 Å². The van der Waals surface area contributed by atoms with Gasteiger partial charge in [0.25, 0.3) is 0 Å². The normalized spacial score (nSPS) is 9.80. The largest absolute Gasteiger partial charge is 0.481 e. The SMILES string of the molecule is Nc1ncccn1.O=C(O)Cc1c[nH]c2ccccc12. The Labute approximate surface area is 115 Å². The van der Waals surface area contributed by atoms with E-state index in [1.165, 1.54) is 0 Å². The lowest BCUT2D eigenvalue weighted by molar-refractivity contribution is -0.136. The number of aromatic nitrogens is 3. The molecule has 3 aromatic rings. The monoisotopic (exact) mass is 270 g/mol. The average molecular weight is 270 g/mol. The highest BCUT2D eigenvalue weighted by molar-refractivity contribution is 5.86. The first kappa shape index (κ1) is 13.5. The Bertz CT molecular complexity index is 694. The predicted octanol–water partition coefficient (Wildman–Crippen LogP) is 1.85. The number of nitrogens with one attached hydrogen (secondary N) is 1. The van der Waals surface area contributed by atoms with Gasteiger partial charge in [-0.15, -0.1) is 0 Å². The van der Waals surface area contributed by atoms with Crippen molar-refractivity contribution in [3.8, 4) is 0 Å². The van der Waals surface area contributed by atoms with Gasteiger partial charge >= 0.3 is 5.97 Å². The van der Waals surface area contributed by atoms with E-state index in [-0.39, 0.29) is 6.42 Å². The van der Waals surface area contributed by atoms with E-state index in [1.54, 1.807) is 24.7 Å². The highest BCUT2D eigenvalue weighted by Gasteiger charge is 2.05. The molecule has 0 unspecified atom stereocenters. The van der Waals surface area contributed by atoms with E-state index in [0.717, 1.165) is 16.5 Å². The number of anilines is 1. The predicted molar refractivity (Wildman–Crippen MR) is 76.1 cm³/mol. The standard InChI is InChI=1S/C10H9NO2.C4H5N3/c12-10(13)5-7-6-11-9-4-2-1-3-8(7)9;5-4-6-2-1-3-7-4/h1-4,6,11H,5H2,(H,12,13);1-3H,(H2,5,6,7). The van der Waals surface area contributed by atoms with Crippen molar-refractivity contribution >= 4 is 22.8 Å². The Morgan fingerprint density at radius 2 is 1.90 bits per heavy atom. The van der Waals surface area contributed by atoms with E-state index in [9.17, 15) is 4.79 Å². The number of aliphatic carboxylic acids is 1. The highest BCUT2D eigenvalue weighted by Crippen LogP contribution is 2.17. The van der Waals surface area contributed by atoms with Crippen LogP contribution in [0.25, 0.3) is 10.9 Å². The molecule has 0 aliphatic rings. The number of fused-ring (bicyclic) bond motifs is 1. The van der Waals surface area contributed by atoms with Crippen molar-refractivity contribution in [2.24, 2.45) is 0 Å². The lowest BCUT2D eigenvalue weighted by Gasteiger charge is -1.92. The summed E-state index contributed by atoms with van der Waals surface area (Å²) in [5, 5.41) is 9.62. The first-order valence-electron chi connectivity index (χ1n) is 5.96. The Balaban J connectivity index is 0.000000178. The molecule has 0 fully saturated rings. The molecule has 0 bridgehead atoms. The minimum Gasteiger partial charge on any atom is -0.481 e. The Morgan fingerprint density at radius 1 is 1.20 bits per heavy atom. The van der Waals surface area contributed by atoms with Crippen LogP contribution in [0.1, 0.15) is 5.56 Å². The molecule has 2 aromatic heterocycles. The van der Waals surface area contributed by atoms with Crippen molar-refractivity contribution < 1.29 is 9.90 Å². The zero-order valence-corrected chi connectivity index (χ0v) is 10.7. The van der Waals surface area contributed by atoms with E-state index >= 15 is 0 Å². The van der Waals surface area contributed by atoms with Crippen molar-refractivity contribution in [3.63, 3.8) is 0 Å². The van der Waals surface area contributed by atoms with E-state index in [2.05, 4.69) is 15.0 Å². The van der Waals surface area contributed by atoms with Gasteiger partial charge in [-0.3, -0.25) is 4.79 Å². The summed E-state index contributed by atoms with van der Waals surface area (Å²) < 4.78 is 0. The highest BCUT2D eigenvalue weighted by atomic mass is 16.4. The molecule has 20 heavy (non-hydrogen) atoms. The second kappa shape index (κ2) is 6.33. The zero-order chi connectivity index (χ0) is 14.4. The molecular weight excluding hydrogens is 256 g/mol. The van der Waals surface area contributed by atoms with Crippen molar-refractivity contribution in [1.29, 1.82) is 0 Å². The van der Waals surface area contributed by atoms with Gasteiger partial charge in [-0.05, 0) is 17.7 Å².